The summed E-state index contributed by atoms with van der Waals surface area (Å²) in [5.41, 5.74) is 4.52. The number of aryl methyl sites for hydroxylation is 1. The van der Waals surface area contributed by atoms with E-state index in [0.717, 1.165) is 72.7 Å². The average molecular weight is 510 g/mol. The predicted octanol–water partition coefficient (Wildman–Crippen LogP) is 4.12. The molecule has 0 aliphatic carbocycles. The fraction of sp³-hybridized carbons (Fsp3) is 0.407. The van der Waals surface area contributed by atoms with E-state index in [9.17, 15) is 4.79 Å². The van der Waals surface area contributed by atoms with Gasteiger partial charge >= 0.3 is 0 Å². The van der Waals surface area contributed by atoms with E-state index in [4.69, 9.17) is 21.1 Å². The zero-order valence-corrected chi connectivity index (χ0v) is 21.8. The van der Waals surface area contributed by atoms with E-state index in [1.165, 1.54) is 5.69 Å². The summed E-state index contributed by atoms with van der Waals surface area (Å²) in [7, 11) is 0. The third-order valence-corrected chi connectivity index (χ3v) is 7.40. The summed E-state index contributed by atoms with van der Waals surface area (Å²) in [4.78, 5) is 22.3. The quantitative estimate of drug-likeness (QED) is 0.483. The molecule has 3 aromatic rings. The molecule has 3 heterocycles. The highest BCUT2D eigenvalue weighted by Crippen LogP contribution is 2.34. The van der Waals surface area contributed by atoms with Crippen LogP contribution in [0.1, 0.15) is 34.0 Å². The minimum atomic E-state index is -0.142. The molecule has 1 N–H and O–H groups in total. The Morgan fingerprint density at radius 1 is 1.06 bits per heavy atom. The number of piperazine rings is 1. The van der Waals surface area contributed by atoms with E-state index < -0.39 is 0 Å². The molecule has 9 heteroatoms. The molecule has 0 saturated carbocycles. The van der Waals surface area contributed by atoms with Crippen molar-refractivity contribution in [2.24, 2.45) is 0 Å². The number of ether oxygens (including phenoxy) is 2. The van der Waals surface area contributed by atoms with Crippen molar-refractivity contribution in [1.29, 1.82) is 0 Å². The first-order valence-corrected chi connectivity index (χ1v) is 12.8. The smallest absolute Gasteiger partial charge is 0.271 e. The number of benzene rings is 2. The number of hydrogen-bond acceptors (Lipinski definition) is 6. The van der Waals surface area contributed by atoms with Gasteiger partial charge in [-0.2, -0.15) is 0 Å². The zero-order chi connectivity index (χ0) is 25.2. The van der Waals surface area contributed by atoms with Gasteiger partial charge in [-0.25, -0.2) is 4.98 Å². The van der Waals surface area contributed by atoms with Crippen LogP contribution in [0.5, 0.6) is 11.5 Å². The minimum absolute atomic E-state index is 0.142. The van der Waals surface area contributed by atoms with Crippen molar-refractivity contribution in [3.63, 3.8) is 0 Å². The molecule has 1 amide bonds. The van der Waals surface area contributed by atoms with Crippen LogP contribution < -0.4 is 19.7 Å². The van der Waals surface area contributed by atoms with Gasteiger partial charge in [-0.3, -0.25) is 9.69 Å². The van der Waals surface area contributed by atoms with Crippen LogP contribution >= 0.6 is 11.6 Å². The third kappa shape index (κ3) is 4.88. The van der Waals surface area contributed by atoms with E-state index in [0.29, 0.717) is 18.0 Å². The van der Waals surface area contributed by atoms with E-state index in [2.05, 4.69) is 33.1 Å². The maximum Gasteiger partial charge on any atom is 0.271 e. The Balaban J connectivity index is 1.11. The van der Waals surface area contributed by atoms with Gasteiger partial charge in [0.2, 0.25) is 6.79 Å². The van der Waals surface area contributed by atoms with Crippen LogP contribution in [0.25, 0.3) is 5.69 Å². The first kappa shape index (κ1) is 24.5. The number of fused-ring (bicyclic) bond motifs is 1. The molecule has 1 saturated heterocycles. The highest BCUT2D eigenvalue weighted by Gasteiger charge is 2.22. The summed E-state index contributed by atoms with van der Waals surface area (Å²) in [6.45, 7) is 11.6. The Morgan fingerprint density at radius 2 is 1.83 bits per heavy atom. The summed E-state index contributed by atoms with van der Waals surface area (Å²) in [6.07, 6.45) is 0.892. The molecule has 5 rings (SSSR count). The number of aromatic nitrogens is 2. The van der Waals surface area contributed by atoms with E-state index in [-0.39, 0.29) is 12.7 Å². The van der Waals surface area contributed by atoms with Crippen molar-refractivity contribution in [3.8, 4) is 17.2 Å². The van der Waals surface area contributed by atoms with E-state index in [1.807, 2.05) is 48.7 Å². The molecule has 0 unspecified atom stereocenters. The minimum Gasteiger partial charge on any atom is -0.454 e. The lowest BCUT2D eigenvalue weighted by molar-refractivity contribution is 0.0946. The van der Waals surface area contributed by atoms with Crippen molar-refractivity contribution in [1.82, 2.24) is 19.8 Å². The van der Waals surface area contributed by atoms with Crippen molar-refractivity contribution in [2.45, 2.75) is 27.2 Å². The van der Waals surface area contributed by atoms with Crippen molar-refractivity contribution >= 4 is 23.2 Å². The van der Waals surface area contributed by atoms with Gasteiger partial charge in [-0.05, 0) is 63.6 Å². The molecule has 0 bridgehead atoms. The van der Waals surface area contributed by atoms with Gasteiger partial charge in [0.1, 0.15) is 11.5 Å². The molecule has 36 heavy (non-hydrogen) atoms. The maximum atomic E-state index is 12.9. The van der Waals surface area contributed by atoms with Gasteiger partial charge in [0.15, 0.2) is 11.5 Å². The molecular formula is C27H32ClN5O3. The van der Waals surface area contributed by atoms with Gasteiger partial charge in [-0.15, -0.1) is 0 Å². The lowest BCUT2D eigenvalue weighted by Crippen LogP contribution is -2.47. The average Bonchev–Trinajstić information content (AvgIpc) is 3.47. The number of hydrogen-bond donors (Lipinski definition) is 1. The number of amides is 1. The largest absolute Gasteiger partial charge is 0.454 e. The normalized spacial score (nSPS) is 15.4. The number of rotatable bonds is 7. The molecule has 2 aliphatic rings. The highest BCUT2D eigenvalue weighted by atomic mass is 35.5. The Bertz CT molecular complexity index is 1270. The first-order chi connectivity index (χ1) is 17.4. The molecule has 1 fully saturated rings. The zero-order valence-electron chi connectivity index (χ0n) is 21.0. The van der Waals surface area contributed by atoms with Crippen LogP contribution in [0, 0.1) is 20.8 Å². The number of carbonyl (C=O) groups is 1. The van der Waals surface area contributed by atoms with Gasteiger partial charge in [0.05, 0.1) is 11.4 Å². The van der Waals surface area contributed by atoms with Gasteiger partial charge in [-0.1, -0.05) is 17.7 Å². The molecule has 190 valence electrons. The first-order valence-electron chi connectivity index (χ1n) is 12.4. The number of anilines is 1. The van der Waals surface area contributed by atoms with Crippen LogP contribution in [0.15, 0.2) is 36.4 Å². The van der Waals surface area contributed by atoms with Gasteiger partial charge in [0.25, 0.3) is 5.91 Å². The summed E-state index contributed by atoms with van der Waals surface area (Å²) < 4.78 is 12.9. The summed E-state index contributed by atoms with van der Waals surface area (Å²) in [5, 5.41) is 3.87. The Hall–Kier alpha value is -3.23. The summed E-state index contributed by atoms with van der Waals surface area (Å²) in [5.74, 6) is 2.04. The molecule has 0 radical (unpaired) electrons. The fourth-order valence-electron chi connectivity index (χ4n) is 5.00. The fourth-order valence-corrected chi connectivity index (χ4v) is 5.17. The highest BCUT2D eigenvalue weighted by molar-refractivity contribution is 6.31. The van der Waals surface area contributed by atoms with Crippen molar-refractivity contribution in [2.75, 3.05) is 51.0 Å². The van der Waals surface area contributed by atoms with Crippen LogP contribution in [-0.2, 0) is 0 Å². The molecule has 1 aromatic heterocycles. The molecule has 8 nitrogen and oxygen atoms in total. The molecule has 0 atom stereocenters. The number of imidazole rings is 1. The number of halogens is 1. The lowest BCUT2D eigenvalue weighted by atomic mass is 10.1. The van der Waals surface area contributed by atoms with Gasteiger partial charge < -0.3 is 24.3 Å². The van der Waals surface area contributed by atoms with Crippen molar-refractivity contribution in [3.05, 3.63) is 64.2 Å². The lowest BCUT2D eigenvalue weighted by Gasteiger charge is -2.37. The SMILES string of the molecule is Cc1c(Cl)cccc1N1CCN(CCCNC(=O)c2nc(C)n(-c3ccc4c(c3)OCO4)c2C)CC1. The van der Waals surface area contributed by atoms with Crippen LogP contribution in [0.3, 0.4) is 0 Å². The second kappa shape index (κ2) is 10.4. The predicted molar refractivity (Wildman–Crippen MR) is 141 cm³/mol. The second-order valence-electron chi connectivity index (χ2n) is 9.29. The number of nitrogens with zero attached hydrogens (tertiary/aromatic N) is 4. The molecular weight excluding hydrogens is 478 g/mol. The Kier molecular flexibility index (Phi) is 7.07. The third-order valence-electron chi connectivity index (χ3n) is 6.99. The maximum absolute atomic E-state index is 12.9. The standard InChI is InChI=1S/C27H32ClN5O3/c1-18-22(28)6-4-7-23(18)32-14-12-31(13-15-32)11-5-10-29-27(34)26-19(2)33(20(3)30-26)21-8-9-24-25(16-21)36-17-35-24/h4,6-9,16H,5,10-15,17H2,1-3H3,(H,29,34). The number of nitrogens with one attached hydrogen (secondary N) is 1. The monoisotopic (exact) mass is 509 g/mol. The van der Waals surface area contributed by atoms with Crippen LogP contribution in [0.4, 0.5) is 5.69 Å². The Morgan fingerprint density at radius 3 is 2.64 bits per heavy atom. The van der Waals surface area contributed by atoms with E-state index in [1.54, 1.807) is 0 Å². The number of carbonyl (C=O) groups excluding carboxylic acids is 1. The molecule has 2 aromatic carbocycles. The van der Waals surface area contributed by atoms with Crippen LogP contribution in [0.2, 0.25) is 5.02 Å². The van der Waals surface area contributed by atoms with Crippen LogP contribution in [-0.4, -0.2) is 66.4 Å². The molecule has 2 aliphatic heterocycles. The summed E-state index contributed by atoms with van der Waals surface area (Å²) in [6, 6.07) is 11.8. The van der Waals surface area contributed by atoms with Crippen molar-refractivity contribution < 1.29 is 14.3 Å². The molecule has 0 spiro atoms. The topological polar surface area (TPSA) is 71.9 Å². The van der Waals surface area contributed by atoms with E-state index >= 15 is 0 Å². The van der Waals surface area contributed by atoms with Gasteiger partial charge in [0, 0.05) is 49.5 Å². The second-order valence-corrected chi connectivity index (χ2v) is 9.70. The Labute approximate surface area is 216 Å². The summed E-state index contributed by atoms with van der Waals surface area (Å²) >= 11 is 6.30.